The molecule has 0 radical (unpaired) electrons. The number of nitrogens with two attached hydrogens (primary N) is 1. The Labute approximate surface area is 119 Å². The van der Waals surface area contributed by atoms with Crippen LogP contribution in [0, 0.1) is 0 Å². The molecule has 2 aromatic carbocycles. The summed E-state index contributed by atoms with van der Waals surface area (Å²) in [7, 11) is -3.15. The van der Waals surface area contributed by atoms with Crippen molar-refractivity contribution >= 4 is 21.2 Å². The topological polar surface area (TPSA) is 72.2 Å². The molecule has 0 aliphatic carbocycles. The van der Waals surface area contributed by atoms with Gasteiger partial charge in [0.15, 0.2) is 9.84 Å². The second-order valence-corrected chi connectivity index (χ2v) is 6.85. The van der Waals surface area contributed by atoms with E-state index in [1.54, 1.807) is 24.3 Å². The van der Waals surface area contributed by atoms with Gasteiger partial charge >= 0.3 is 0 Å². The fourth-order valence-corrected chi connectivity index (χ4v) is 2.59. The van der Waals surface area contributed by atoms with Gasteiger partial charge in [0.05, 0.1) is 4.90 Å². The summed E-state index contributed by atoms with van der Waals surface area (Å²) in [6, 6.07) is 14.5. The van der Waals surface area contributed by atoms with Gasteiger partial charge in [0, 0.05) is 23.7 Å². The molecule has 0 aliphatic rings. The van der Waals surface area contributed by atoms with Crippen molar-refractivity contribution in [1.82, 2.24) is 0 Å². The largest absolute Gasteiger partial charge is 0.399 e. The molecule has 0 aromatic heterocycles. The van der Waals surface area contributed by atoms with E-state index in [0.29, 0.717) is 4.90 Å². The summed E-state index contributed by atoms with van der Waals surface area (Å²) in [6.07, 6.45) is 1.20. The molecule has 1 unspecified atom stereocenters. The van der Waals surface area contributed by atoms with Crippen molar-refractivity contribution in [3.63, 3.8) is 0 Å². The van der Waals surface area contributed by atoms with Crippen molar-refractivity contribution in [2.24, 2.45) is 0 Å². The van der Waals surface area contributed by atoms with Crippen LogP contribution in [0.15, 0.2) is 53.4 Å². The minimum absolute atomic E-state index is 0.0857. The molecule has 0 heterocycles. The number of nitrogens with one attached hydrogen (secondary N) is 1. The Balaban J connectivity index is 2.14. The molecule has 0 fully saturated rings. The highest BCUT2D eigenvalue weighted by atomic mass is 32.2. The lowest BCUT2D eigenvalue weighted by Gasteiger charge is -2.16. The first-order valence-electron chi connectivity index (χ1n) is 6.28. The first-order chi connectivity index (χ1) is 9.36. The fraction of sp³-hybridized carbons (Fsp3) is 0.200. The third-order valence-electron chi connectivity index (χ3n) is 3.08. The lowest BCUT2D eigenvalue weighted by Crippen LogP contribution is -2.07. The first kappa shape index (κ1) is 14.4. The molecule has 0 bridgehead atoms. The Morgan fingerprint density at radius 3 is 2.30 bits per heavy atom. The fourth-order valence-electron chi connectivity index (χ4n) is 1.96. The van der Waals surface area contributed by atoms with E-state index in [9.17, 15) is 8.42 Å². The van der Waals surface area contributed by atoms with Crippen LogP contribution in [0.25, 0.3) is 0 Å². The Hall–Kier alpha value is -2.01. The van der Waals surface area contributed by atoms with E-state index in [2.05, 4.69) is 5.32 Å². The smallest absolute Gasteiger partial charge is 0.175 e. The molecule has 5 heteroatoms. The summed E-state index contributed by atoms with van der Waals surface area (Å²) in [5, 5.41) is 3.31. The Morgan fingerprint density at radius 1 is 1.10 bits per heavy atom. The predicted molar refractivity (Wildman–Crippen MR) is 82.4 cm³/mol. The zero-order valence-electron chi connectivity index (χ0n) is 11.5. The van der Waals surface area contributed by atoms with Gasteiger partial charge in [0.2, 0.25) is 0 Å². The van der Waals surface area contributed by atoms with Gasteiger partial charge in [-0.2, -0.15) is 0 Å². The second-order valence-electron chi connectivity index (χ2n) is 4.83. The molecule has 0 spiro atoms. The van der Waals surface area contributed by atoms with Gasteiger partial charge in [-0.25, -0.2) is 8.42 Å². The molecule has 0 saturated heterocycles. The molecule has 3 N–H and O–H groups in total. The molecule has 106 valence electrons. The lowest BCUT2D eigenvalue weighted by molar-refractivity contribution is 0.602. The van der Waals surface area contributed by atoms with Gasteiger partial charge in [-0.05, 0) is 48.9 Å². The minimum Gasteiger partial charge on any atom is -0.399 e. The van der Waals surface area contributed by atoms with Gasteiger partial charge in [0.25, 0.3) is 0 Å². The first-order valence-corrected chi connectivity index (χ1v) is 8.17. The van der Waals surface area contributed by atoms with E-state index >= 15 is 0 Å². The number of rotatable bonds is 4. The number of benzene rings is 2. The summed E-state index contributed by atoms with van der Waals surface area (Å²) in [5.41, 5.74) is 8.44. The van der Waals surface area contributed by atoms with Crippen molar-refractivity contribution in [3.05, 3.63) is 54.1 Å². The van der Waals surface area contributed by atoms with Crippen molar-refractivity contribution in [2.45, 2.75) is 17.9 Å². The summed E-state index contributed by atoms with van der Waals surface area (Å²) >= 11 is 0. The van der Waals surface area contributed by atoms with Crippen LogP contribution in [0.3, 0.4) is 0 Å². The number of hydrogen-bond donors (Lipinski definition) is 2. The van der Waals surface area contributed by atoms with E-state index < -0.39 is 9.84 Å². The molecule has 2 aromatic rings. The van der Waals surface area contributed by atoms with Crippen molar-refractivity contribution < 1.29 is 8.42 Å². The summed E-state index contributed by atoms with van der Waals surface area (Å²) in [4.78, 5) is 0.319. The lowest BCUT2D eigenvalue weighted by atomic mass is 10.1. The quantitative estimate of drug-likeness (QED) is 0.849. The highest BCUT2D eigenvalue weighted by Gasteiger charge is 2.08. The van der Waals surface area contributed by atoms with Crippen molar-refractivity contribution in [3.8, 4) is 0 Å². The van der Waals surface area contributed by atoms with Crippen LogP contribution in [0.5, 0.6) is 0 Å². The molecule has 1 atom stereocenters. The highest BCUT2D eigenvalue weighted by molar-refractivity contribution is 7.90. The number of anilines is 2. The number of nitrogen functional groups attached to an aromatic ring is 1. The molecule has 20 heavy (non-hydrogen) atoms. The maximum Gasteiger partial charge on any atom is 0.175 e. The third kappa shape index (κ3) is 3.51. The SMILES string of the molecule is CC(Nc1ccc(S(C)(=O)=O)cc1)c1cccc(N)c1. The van der Waals surface area contributed by atoms with Gasteiger partial charge in [-0.15, -0.1) is 0 Å². The van der Waals surface area contributed by atoms with Gasteiger partial charge in [-0.3, -0.25) is 0 Å². The molecule has 0 aliphatic heterocycles. The minimum atomic E-state index is -3.15. The van der Waals surface area contributed by atoms with E-state index in [1.165, 1.54) is 6.26 Å². The maximum atomic E-state index is 11.4. The van der Waals surface area contributed by atoms with Gasteiger partial charge < -0.3 is 11.1 Å². The average Bonchev–Trinajstić information content (AvgIpc) is 2.38. The Kier molecular flexibility index (Phi) is 3.99. The molecular weight excluding hydrogens is 272 g/mol. The second kappa shape index (κ2) is 5.54. The standard InChI is InChI=1S/C15H18N2O2S/c1-11(12-4-3-5-13(16)10-12)17-14-6-8-15(9-7-14)20(2,18)19/h3-11,17H,16H2,1-2H3. The Bertz CT molecular complexity index is 694. The van der Waals surface area contributed by atoms with Crippen LogP contribution in [-0.4, -0.2) is 14.7 Å². The number of hydrogen-bond acceptors (Lipinski definition) is 4. The van der Waals surface area contributed by atoms with Crippen molar-refractivity contribution in [1.29, 1.82) is 0 Å². The third-order valence-corrected chi connectivity index (χ3v) is 4.20. The van der Waals surface area contributed by atoms with Gasteiger partial charge in [0.1, 0.15) is 0 Å². The van der Waals surface area contributed by atoms with Crippen LogP contribution in [-0.2, 0) is 9.84 Å². The van der Waals surface area contributed by atoms with Crippen LogP contribution < -0.4 is 11.1 Å². The Morgan fingerprint density at radius 2 is 1.75 bits per heavy atom. The van der Waals surface area contributed by atoms with E-state index in [1.807, 2.05) is 31.2 Å². The van der Waals surface area contributed by atoms with Crippen LogP contribution in [0.4, 0.5) is 11.4 Å². The van der Waals surface area contributed by atoms with Crippen LogP contribution >= 0.6 is 0 Å². The van der Waals surface area contributed by atoms with Gasteiger partial charge in [-0.1, -0.05) is 12.1 Å². The normalized spacial score (nSPS) is 12.9. The summed E-state index contributed by atoms with van der Waals surface area (Å²) in [5.74, 6) is 0. The van der Waals surface area contributed by atoms with Crippen LogP contribution in [0.2, 0.25) is 0 Å². The highest BCUT2D eigenvalue weighted by Crippen LogP contribution is 2.22. The molecule has 0 saturated carbocycles. The molecule has 4 nitrogen and oxygen atoms in total. The average molecular weight is 290 g/mol. The van der Waals surface area contributed by atoms with E-state index in [4.69, 9.17) is 5.73 Å². The summed E-state index contributed by atoms with van der Waals surface area (Å²) < 4.78 is 22.8. The number of sulfone groups is 1. The zero-order valence-corrected chi connectivity index (χ0v) is 12.3. The van der Waals surface area contributed by atoms with E-state index in [0.717, 1.165) is 16.9 Å². The van der Waals surface area contributed by atoms with Crippen molar-refractivity contribution in [2.75, 3.05) is 17.3 Å². The molecular formula is C15H18N2O2S. The molecule has 2 rings (SSSR count). The predicted octanol–water partition coefficient (Wildman–Crippen LogP) is 2.85. The zero-order chi connectivity index (χ0) is 14.8. The monoisotopic (exact) mass is 290 g/mol. The summed E-state index contributed by atoms with van der Waals surface area (Å²) in [6.45, 7) is 2.03. The maximum absolute atomic E-state index is 11.4. The van der Waals surface area contributed by atoms with E-state index in [-0.39, 0.29) is 6.04 Å². The molecule has 0 amide bonds. The van der Waals surface area contributed by atoms with Crippen LogP contribution in [0.1, 0.15) is 18.5 Å².